The van der Waals surface area contributed by atoms with Crippen molar-refractivity contribution in [3.63, 3.8) is 0 Å². The Kier molecular flexibility index (Phi) is 6.70. The molecule has 0 radical (unpaired) electrons. The molecule has 0 spiro atoms. The maximum atomic E-state index is 12.6. The fraction of sp³-hybridized carbons (Fsp3) is 0.474. The van der Waals surface area contributed by atoms with Gasteiger partial charge in [0.15, 0.2) is 0 Å². The van der Waals surface area contributed by atoms with E-state index in [-0.39, 0.29) is 28.4 Å². The molecular formula is C19H22FeN4O4. The number of hydrogen-bond acceptors (Lipinski definition) is 4. The standard InChI is InChI=1S/C19H26N4O4.Fe/c1-17(2)13(24)22-18(3,4)15(26)20-11-9-7-8-10-12(11)21-16(27)19(5,6)23-14(17)25;/h7-10H,1-6H3,(H4,20,21,22,23,24,25,26,27);/q;+4/p-4. The molecule has 150 valence electrons. The van der Waals surface area contributed by atoms with Crippen molar-refractivity contribution in [2.24, 2.45) is 5.41 Å². The Balaban J connectivity index is 0.00000392. The average molecular weight is 426 g/mol. The van der Waals surface area contributed by atoms with Gasteiger partial charge < -0.3 is 40.4 Å². The molecule has 9 heteroatoms. The normalized spacial score (nSPS) is 21.1. The molecule has 2 rings (SSSR count). The van der Waals surface area contributed by atoms with Gasteiger partial charge in [0.05, 0.1) is 11.8 Å². The zero-order valence-corrected chi connectivity index (χ0v) is 17.7. The molecule has 0 bridgehead atoms. The number of rotatable bonds is 0. The van der Waals surface area contributed by atoms with Crippen molar-refractivity contribution in [3.05, 3.63) is 45.5 Å². The Morgan fingerprint density at radius 2 is 0.929 bits per heavy atom. The Labute approximate surface area is 175 Å². The van der Waals surface area contributed by atoms with Crippen molar-refractivity contribution in [3.8, 4) is 0 Å². The van der Waals surface area contributed by atoms with Crippen LogP contribution in [0.2, 0.25) is 0 Å². The minimum absolute atomic E-state index is 0. The summed E-state index contributed by atoms with van der Waals surface area (Å²) in [7, 11) is 0. The second-order valence-electron chi connectivity index (χ2n) is 7.90. The van der Waals surface area contributed by atoms with E-state index in [0.29, 0.717) is 0 Å². The topological polar surface area (TPSA) is 125 Å². The first kappa shape index (κ1) is 23.7. The number of carbonyl (C=O) groups excluding carboxylic acids is 4. The summed E-state index contributed by atoms with van der Waals surface area (Å²) in [5.74, 6) is -3.00. The number of hydrogen-bond donors (Lipinski definition) is 0. The summed E-state index contributed by atoms with van der Waals surface area (Å²) >= 11 is 0. The van der Waals surface area contributed by atoms with Crippen LogP contribution in [0.4, 0.5) is 11.4 Å². The van der Waals surface area contributed by atoms with E-state index >= 15 is 0 Å². The SMILES string of the molecule is CC1(C)[N-]C(=O)C(C)(C)C(=O)[N-]C(C)(C)C(=O)[N-]c2ccccc2[N-]C1=O.[Fe+4]. The molecule has 0 aromatic heterocycles. The average Bonchev–Trinajstić information content (AvgIpc) is 2.54. The fourth-order valence-electron chi connectivity index (χ4n) is 2.12. The molecule has 1 aromatic carbocycles. The van der Waals surface area contributed by atoms with Crippen molar-refractivity contribution in [2.75, 3.05) is 0 Å². The fourth-order valence-corrected chi connectivity index (χ4v) is 2.12. The molecule has 1 aliphatic rings. The maximum absolute atomic E-state index is 12.6. The van der Waals surface area contributed by atoms with Crippen molar-refractivity contribution in [1.29, 1.82) is 0 Å². The van der Waals surface area contributed by atoms with Gasteiger partial charge in [0, 0.05) is 17.2 Å². The number of amides is 4. The summed E-state index contributed by atoms with van der Waals surface area (Å²) < 4.78 is 0. The Morgan fingerprint density at radius 3 is 1.25 bits per heavy atom. The molecule has 0 aliphatic carbocycles. The van der Waals surface area contributed by atoms with Crippen LogP contribution in [-0.4, -0.2) is 34.7 Å². The monoisotopic (exact) mass is 426 g/mol. The molecule has 0 saturated carbocycles. The van der Waals surface area contributed by atoms with Gasteiger partial charge in [-0.3, -0.25) is 0 Å². The third-order valence-corrected chi connectivity index (χ3v) is 4.20. The first-order valence-corrected chi connectivity index (χ1v) is 8.43. The predicted octanol–water partition coefficient (Wildman–Crippen LogP) is 4.15. The van der Waals surface area contributed by atoms with E-state index in [1.165, 1.54) is 53.7 Å². The summed E-state index contributed by atoms with van der Waals surface area (Å²) in [5, 5.41) is 15.8. The third-order valence-electron chi connectivity index (χ3n) is 4.20. The van der Waals surface area contributed by atoms with Crippen LogP contribution in [0.3, 0.4) is 0 Å². The van der Waals surface area contributed by atoms with Gasteiger partial charge in [-0.2, -0.15) is 0 Å². The molecule has 0 fully saturated rings. The molecule has 0 atom stereocenters. The van der Waals surface area contributed by atoms with E-state index < -0.39 is 40.1 Å². The first-order valence-electron chi connectivity index (χ1n) is 8.43. The van der Waals surface area contributed by atoms with Gasteiger partial charge in [0.2, 0.25) is 0 Å². The van der Waals surface area contributed by atoms with Crippen molar-refractivity contribution in [1.82, 2.24) is 0 Å². The summed E-state index contributed by atoms with van der Waals surface area (Å²) in [6, 6.07) is 6.35. The van der Waals surface area contributed by atoms with Crippen molar-refractivity contribution < 1.29 is 36.2 Å². The second kappa shape index (κ2) is 7.93. The zero-order valence-electron chi connectivity index (χ0n) is 16.6. The number of para-hydroxylation sites is 2. The zero-order chi connectivity index (χ0) is 20.6. The van der Waals surface area contributed by atoms with E-state index in [9.17, 15) is 19.2 Å². The van der Waals surface area contributed by atoms with Gasteiger partial charge in [-0.05, 0) is 13.8 Å². The molecule has 1 heterocycles. The molecule has 1 aliphatic heterocycles. The van der Waals surface area contributed by atoms with E-state index in [1.54, 1.807) is 12.1 Å². The van der Waals surface area contributed by atoms with Crippen molar-refractivity contribution in [2.45, 2.75) is 52.6 Å². The smallest absolute Gasteiger partial charge is 0.643 e. The van der Waals surface area contributed by atoms with E-state index in [0.717, 1.165) is 0 Å². The molecule has 0 N–H and O–H groups in total. The summed E-state index contributed by atoms with van der Waals surface area (Å²) in [6.45, 7) is 8.45. The molecular weight excluding hydrogens is 404 g/mol. The Bertz CT molecular complexity index is 753. The van der Waals surface area contributed by atoms with Crippen LogP contribution >= 0.6 is 0 Å². The molecule has 4 amide bonds. The Morgan fingerprint density at radius 1 is 0.607 bits per heavy atom. The molecule has 0 saturated heterocycles. The van der Waals surface area contributed by atoms with E-state index in [4.69, 9.17) is 0 Å². The number of carbonyl (C=O) groups is 4. The van der Waals surface area contributed by atoms with Crippen LogP contribution in [0.1, 0.15) is 41.5 Å². The van der Waals surface area contributed by atoms with Gasteiger partial charge in [-0.1, -0.05) is 63.0 Å². The van der Waals surface area contributed by atoms with Gasteiger partial charge >= 0.3 is 17.1 Å². The summed E-state index contributed by atoms with van der Waals surface area (Å²) in [5.41, 5.74) is -4.26. The van der Waals surface area contributed by atoms with Gasteiger partial charge in [-0.25, -0.2) is 0 Å². The van der Waals surface area contributed by atoms with Crippen LogP contribution in [-0.2, 0) is 36.2 Å². The van der Waals surface area contributed by atoms with Gasteiger partial charge in [0.25, 0.3) is 0 Å². The minimum Gasteiger partial charge on any atom is -0.643 e. The number of nitrogens with zero attached hydrogens (tertiary/aromatic N) is 4. The predicted molar refractivity (Wildman–Crippen MR) is 101 cm³/mol. The van der Waals surface area contributed by atoms with Crippen LogP contribution in [0, 0.1) is 5.41 Å². The van der Waals surface area contributed by atoms with Crippen LogP contribution < -0.4 is 0 Å². The quantitative estimate of drug-likeness (QED) is 0.457. The van der Waals surface area contributed by atoms with E-state index in [1.807, 2.05) is 0 Å². The first-order chi connectivity index (χ1) is 12.3. The number of benzene rings is 1. The van der Waals surface area contributed by atoms with Crippen LogP contribution in [0.15, 0.2) is 24.3 Å². The van der Waals surface area contributed by atoms with Crippen LogP contribution in [0.5, 0.6) is 0 Å². The summed E-state index contributed by atoms with van der Waals surface area (Å²) in [6.07, 6.45) is 0. The van der Waals surface area contributed by atoms with Gasteiger partial charge in [-0.15, -0.1) is 11.4 Å². The number of fused-ring (bicyclic) bond motifs is 1. The van der Waals surface area contributed by atoms with Crippen LogP contribution in [0.25, 0.3) is 21.3 Å². The third kappa shape index (κ3) is 4.72. The summed E-state index contributed by atoms with van der Waals surface area (Å²) in [4.78, 5) is 50.4. The van der Waals surface area contributed by atoms with E-state index in [2.05, 4.69) is 21.3 Å². The Hall–Kier alpha value is -2.38. The maximum Gasteiger partial charge on any atom is 4.00 e. The largest absolute Gasteiger partial charge is 4.00 e. The second-order valence-corrected chi connectivity index (χ2v) is 7.90. The molecule has 1 aromatic rings. The molecule has 28 heavy (non-hydrogen) atoms. The van der Waals surface area contributed by atoms with Crippen molar-refractivity contribution >= 4 is 35.0 Å². The van der Waals surface area contributed by atoms with Gasteiger partial charge in [0.1, 0.15) is 0 Å². The molecule has 8 nitrogen and oxygen atoms in total. The minimum atomic E-state index is -1.63. The molecule has 0 unspecified atom stereocenters.